The summed E-state index contributed by atoms with van der Waals surface area (Å²) in [4.78, 5) is 15.9. The summed E-state index contributed by atoms with van der Waals surface area (Å²) in [5, 5.41) is 9.64. The van der Waals surface area contributed by atoms with E-state index in [4.69, 9.17) is 17.4 Å². The largest absolute Gasteiger partial charge is 0.416 e. The molecule has 146 valence electrons. The zero-order valence-electron chi connectivity index (χ0n) is 14.4. The van der Waals surface area contributed by atoms with Crippen LogP contribution in [0.5, 0.6) is 0 Å². The Bertz CT molecular complexity index is 1040. The number of halogens is 4. The maximum absolute atomic E-state index is 13.1. The summed E-state index contributed by atoms with van der Waals surface area (Å²) in [5.74, 6) is 5.44. The van der Waals surface area contributed by atoms with E-state index in [0.717, 1.165) is 6.07 Å². The number of benzene rings is 1. The highest BCUT2D eigenvalue weighted by molar-refractivity contribution is 6.48. The Morgan fingerprint density at radius 2 is 2.00 bits per heavy atom. The standard InChI is InChI=1S/C18H15ClF3N5O/c19-16-12(9-25-27-17(16)28)10-5-6-14(15(7-10)26-23)24-8-11-3-1-2-4-13(11)18(20,21)22/h1-4,7,9H,5-6,8,23H2,(H,27,28)/b24-14?,26-15-. The van der Waals surface area contributed by atoms with Crippen LogP contribution in [0.3, 0.4) is 0 Å². The number of aromatic nitrogens is 2. The number of rotatable bonds is 3. The molecule has 0 unspecified atom stereocenters. The third-order valence-electron chi connectivity index (χ3n) is 4.28. The van der Waals surface area contributed by atoms with E-state index < -0.39 is 17.3 Å². The van der Waals surface area contributed by atoms with Crippen molar-refractivity contribution in [2.45, 2.75) is 25.6 Å². The van der Waals surface area contributed by atoms with Crippen molar-refractivity contribution in [3.05, 3.63) is 68.6 Å². The van der Waals surface area contributed by atoms with Crippen LogP contribution in [-0.2, 0) is 12.7 Å². The first-order valence-corrected chi connectivity index (χ1v) is 8.60. The molecule has 0 saturated heterocycles. The Hall–Kier alpha value is -2.94. The Morgan fingerprint density at radius 1 is 1.25 bits per heavy atom. The predicted octanol–water partition coefficient (Wildman–Crippen LogP) is 3.58. The first-order chi connectivity index (χ1) is 13.3. The minimum Gasteiger partial charge on any atom is -0.323 e. The molecule has 0 spiro atoms. The second-order valence-electron chi connectivity index (χ2n) is 6.03. The number of allylic oxidation sites excluding steroid dienone is 2. The van der Waals surface area contributed by atoms with Crippen LogP contribution in [0.15, 0.2) is 51.4 Å². The Balaban J connectivity index is 1.89. The van der Waals surface area contributed by atoms with Gasteiger partial charge in [0.2, 0.25) is 0 Å². The Morgan fingerprint density at radius 3 is 2.71 bits per heavy atom. The van der Waals surface area contributed by atoms with Gasteiger partial charge in [0.05, 0.1) is 24.0 Å². The van der Waals surface area contributed by atoms with Crippen molar-refractivity contribution in [3.8, 4) is 0 Å². The second-order valence-corrected chi connectivity index (χ2v) is 6.41. The van der Waals surface area contributed by atoms with Gasteiger partial charge in [-0.15, -0.1) is 0 Å². The SMILES string of the molecule is N/N=C1/C=C(c2cn[nH]c(=O)c2Cl)CCC1=NCc1ccccc1C(F)(F)F. The lowest BCUT2D eigenvalue weighted by molar-refractivity contribution is -0.138. The van der Waals surface area contributed by atoms with Gasteiger partial charge >= 0.3 is 6.18 Å². The second kappa shape index (κ2) is 7.97. The molecule has 0 amide bonds. The molecule has 10 heteroatoms. The van der Waals surface area contributed by atoms with Gasteiger partial charge in [0.25, 0.3) is 5.56 Å². The smallest absolute Gasteiger partial charge is 0.323 e. The molecule has 0 atom stereocenters. The number of aliphatic imine (C=N–C) groups is 1. The molecule has 1 aliphatic carbocycles. The van der Waals surface area contributed by atoms with Crippen LogP contribution in [0.2, 0.25) is 5.02 Å². The lowest BCUT2D eigenvalue weighted by Crippen LogP contribution is -2.20. The van der Waals surface area contributed by atoms with E-state index in [1.165, 1.54) is 24.4 Å². The molecular weight excluding hydrogens is 395 g/mol. The molecule has 1 aliphatic rings. The number of alkyl halides is 3. The van der Waals surface area contributed by atoms with Crippen molar-refractivity contribution in [3.63, 3.8) is 0 Å². The van der Waals surface area contributed by atoms with Gasteiger partial charge in [0, 0.05) is 5.56 Å². The summed E-state index contributed by atoms with van der Waals surface area (Å²) in [6.45, 7) is -0.152. The van der Waals surface area contributed by atoms with Gasteiger partial charge in [-0.3, -0.25) is 9.79 Å². The predicted molar refractivity (Wildman–Crippen MR) is 101 cm³/mol. The summed E-state index contributed by atoms with van der Waals surface area (Å²) in [5.41, 5.74) is 0.777. The molecular formula is C18H15ClF3N5O. The van der Waals surface area contributed by atoms with E-state index in [0.29, 0.717) is 35.4 Å². The van der Waals surface area contributed by atoms with Crippen molar-refractivity contribution < 1.29 is 13.2 Å². The normalized spacial score (nSPS) is 17.8. The molecule has 3 N–H and O–H groups in total. The quantitative estimate of drug-likeness (QED) is 0.599. The van der Waals surface area contributed by atoms with Gasteiger partial charge < -0.3 is 5.84 Å². The summed E-state index contributed by atoms with van der Waals surface area (Å²) < 4.78 is 39.4. The molecule has 0 bridgehead atoms. The van der Waals surface area contributed by atoms with E-state index in [1.54, 1.807) is 6.08 Å². The van der Waals surface area contributed by atoms with Crippen molar-refractivity contribution in [1.82, 2.24) is 10.2 Å². The van der Waals surface area contributed by atoms with E-state index in [1.807, 2.05) is 0 Å². The first kappa shape index (κ1) is 19.8. The highest BCUT2D eigenvalue weighted by Gasteiger charge is 2.32. The number of hydrogen-bond donors (Lipinski definition) is 2. The van der Waals surface area contributed by atoms with Crippen molar-refractivity contribution >= 4 is 28.6 Å². The van der Waals surface area contributed by atoms with Crippen LogP contribution < -0.4 is 11.4 Å². The molecule has 0 fully saturated rings. The number of nitrogens with zero attached hydrogens (tertiary/aromatic N) is 3. The third-order valence-corrected chi connectivity index (χ3v) is 4.66. The van der Waals surface area contributed by atoms with Gasteiger partial charge in [0.1, 0.15) is 10.7 Å². The lowest BCUT2D eigenvalue weighted by atomic mass is 9.92. The van der Waals surface area contributed by atoms with Crippen LogP contribution in [0, 0.1) is 0 Å². The van der Waals surface area contributed by atoms with Gasteiger partial charge in [-0.2, -0.15) is 23.4 Å². The van der Waals surface area contributed by atoms with E-state index in [-0.39, 0.29) is 17.1 Å². The maximum atomic E-state index is 13.1. The van der Waals surface area contributed by atoms with Crippen LogP contribution in [0.4, 0.5) is 13.2 Å². The molecule has 2 aromatic rings. The minimum atomic E-state index is -4.45. The zero-order valence-corrected chi connectivity index (χ0v) is 15.2. The van der Waals surface area contributed by atoms with E-state index in [2.05, 4.69) is 20.3 Å². The average Bonchev–Trinajstić information content (AvgIpc) is 2.68. The number of aromatic amines is 1. The zero-order chi connectivity index (χ0) is 20.3. The first-order valence-electron chi connectivity index (χ1n) is 8.22. The van der Waals surface area contributed by atoms with Crippen molar-refractivity contribution in [2.24, 2.45) is 15.9 Å². The number of hydrazone groups is 1. The Kier molecular flexibility index (Phi) is 5.64. The summed E-state index contributed by atoms with van der Waals surface area (Å²) in [6, 6.07) is 5.27. The topological polar surface area (TPSA) is 96.5 Å². The summed E-state index contributed by atoms with van der Waals surface area (Å²) >= 11 is 6.02. The van der Waals surface area contributed by atoms with Gasteiger partial charge in [0.15, 0.2) is 0 Å². The fourth-order valence-corrected chi connectivity index (χ4v) is 3.12. The van der Waals surface area contributed by atoms with Crippen LogP contribution in [0.1, 0.15) is 29.5 Å². The molecule has 28 heavy (non-hydrogen) atoms. The monoisotopic (exact) mass is 409 g/mol. The van der Waals surface area contributed by atoms with E-state index >= 15 is 0 Å². The van der Waals surface area contributed by atoms with Crippen LogP contribution in [-0.4, -0.2) is 21.6 Å². The van der Waals surface area contributed by atoms with Gasteiger partial charge in [-0.1, -0.05) is 29.8 Å². The number of hydrogen-bond acceptors (Lipinski definition) is 5. The highest BCUT2D eigenvalue weighted by Crippen LogP contribution is 2.32. The molecule has 3 rings (SSSR count). The number of nitrogens with two attached hydrogens (primary N) is 1. The van der Waals surface area contributed by atoms with Gasteiger partial charge in [-0.25, -0.2) is 5.10 Å². The Labute approximate surface area is 162 Å². The van der Waals surface area contributed by atoms with Crippen LogP contribution in [0.25, 0.3) is 5.57 Å². The van der Waals surface area contributed by atoms with Crippen molar-refractivity contribution in [2.75, 3.05) is 0 Å². The average molecular weight is 410 g/mol. The molecule has 1 heterocycles. The van der Waals surface area contributed by atoms with Gasteiger partial charge in [-0.05, 0) is 36.1 Å². The minimum absolute atomic E-state index is 0.00267. The van der Waals surface area contributed by atoms with Crippen molar-refractivity contribution in [1.29, 1.82) is 0 Å². The summed E-state index contributed by atoms with van der Waals surface area (Å²) in [6.07, 6.45) is -0.570. The molecule has 1 aromatic carbocycles. The van der Waals surface area contributed by atoms with E-state index in [9.17, 15) is 18.0 Å². The molecule has 0 saturated carbocycles. The lowest BCUT2D eigenvalue weighted by Gasteiger charge is -2.17. The third kappa shape index (κ3) is 4.14. The number of nitrogens with one attached hydrogen (secondary N) is 1. The maximum Gasteiger partial charge on any atom is 0.416 e. The molecule has 6 nitrogen and oxygen atoms in total. The summed E-state index contributed by atoms with van der Waals surface area (Å²) in [7, 11) is 0. The highest BCUT2D eigenvalue weighted by atomic mass is 35.5. The van der Waals surface area contributed by atoms with Crippen LogP contribution >= 0.6 is 11.6 Å². The fourth-order valence-electron chi connectivity index (χ4n) is 2.91. The fraction of sp³-hybridized carbons (Fsp3) is 0.222. The number of H-pyrrole nitrogens is 1. The molecule has 1 aromatic heterocycles. The molecule has 0 aliphatic heterocycles. The molecule has 0 radical (unpaired) electrons.